The largest absolute Gasteiger partial charge is 0.361 e. The fraction of sp³-hybridized carbons (Fsp3) is 0.571. The number of nitrogens with one attached hydrogen (secondary N) is 1. The zero-order valence-electron chi connectivity index (χ0n) is 11.4. The molecule has 0 bridgehead atoms. The molecule has 100 valence electrons. The third-order valence-corrected chi connectivity index (χ3v) is 3.49. The molecule has 0 amide bonds. The summed E-state index contributed by atoms with van der Waals surface area (Å²) in [4.78, 5) is 2.25. The quantitative estimate of drug-likeness (QED) is 0.778. The highest BCUT2D eigenvalue weighted by Gasteiger charge is 2.43. The minimum Gasteiger partial charge on any atom is -0.361 e. The van der Waals surface area contributed by atoms with Crippen LogP contribution < -0.4 is 10.2 Å². The summed E-state index contributed by atoms with van der Waals surface area (Å²) in [6.45, 7) is 5.61. The Kier molecular flexibility index (Phi) is 4.22. The average Bonchev–Trinajstić information content (AvgIpc) is 2.38. The standard InChI is InChI=1S/C14H22N2O2/c1-4-15-9-12-5-7-13(8-6-12)16-10-14(11-16,17-2)18-3/h5-8,15H,4,9-11H2,1-3H3. The first kappa shape index (κ1) is 13.3. The topological polar surface area (TPSA) is 33.7 Å². The summed E-state index contributed by atoms with van der Waals surface area (Å²) in [7, 11) is 3.39. The molecule has 1 N–H and O–H groups in total. The Bertz CT molecular complexity index is 366. The van der Waals surface area contributed by atoms with Gasteiger partial charge in [0, 0.05) is 26.5 Å². The van der Waals surface area contributed by atoms with E-state index in [1.165, 1.54) is 11.3 Å². The van der Waals surface area contributed by atoms with Crippen molar-refractivity contribution in [2.75, 3.05) is 38.8 Å². The van der Waals surface area contributed by atoms with Crippen LogP contribution in [0, 0.1) is 0 Å². The summed E-state index contributed by atoms with van der Waals surface area (Å²) in [6.07, 6.45) is 0. The summed E-state index contributed by atoms with van der Waals surface area (Å²) >= 11 is 0. The Morgan fingerprint density at radius 1 is 1.17 bits per heavy atom. The summed E-state index contributed by atoms with van der Waals surface area (Å²) < 4.78 is 10.8. The second-order valence-corrected chi connectivity index (χ2v) is 4.62. The van der Waals surface area contributed by atoms with Crippen molar-refractivity contribution in [1.29, 1.82) is 0 Å². The van der Waals surface area contributed by atoms with Gasteiger partial charge in [0.05, 0.1) is 13.1 Å². The number of nitrogens with zero attached hydrogens (tertiary/aromatic N) is 1. The Labute approximate surface area is 109 Å². The molecule has 2 rings (SSSR count). The first-order valence-corrected chi connectivity index (χ1v) is 6.38. The zero-order valence-corrected chi connectivity index (χ0v) is 11.4. The highest BCUT2D eigenvalue weighted by atomic mass is 16.7. The van der Waals surface area contributed by atoms with Gasteiger partial charge in [-0.25, -0.2) is 0 Å². The third kappa shape index (κ3) is 2.66. The van der Waals surface area contributed by atoms with Crippen LogP contribution >= 0.6 is 0 Å². The van der Waals surface area contributed by atoms with Gasteiger partial charge in [-0.05, 0) is 24.2 Å². The maximum Gasteiger partial charge on any atom is 0.203 e. The lowest BCUT2D eigenvalue weighted by atomic mass is 10.1. The second-order valence-electron chi connectivity index (χ2n) is 4.62. The number of ether oxygens (including phenoxy) is 2. The van der Waals surface area contributed by atoms with Crippen LogP contribution in [0.2, 0.25) is 0 Å². The van der Waals surface area contributed by atoms with Gasteiger partial charge in [-0.15, -0.1) is 0 Å². The Hall–Kier alpha value is -1.10. The zero-order chi connectivity index (χ0) is 13.0. The monoisotopic (exact) mass is 250 g/mol. The van der Waals surface area contributed by atoms with Gasteiger partial charge in [0.1, 0.15) is 0 Å². The lowest BCUT2D eigenvalue weighted by molar-refractivity contribution is -0.219. The lowest BCUT2D eigenvalue weighted by Gasteiger charge is -2.48. The highest BCUT2D eigenvalue weighted by Crippen LogP contribution is 2.30. The average molecular weight is 250 g/mol. The number of benzene rings is 1. The Morgan fingerprint density at radius 2 is 1.78 bits per heavy atom. The van der Waals surface area contributed by atoms with Crippen molar-refractivity contribution in [3.8, 4) is 0 Å². The lowest BCUT2D eigenvalue weighted by Crippen LogP contribution is -2.64. The molecule has 1 heterocycles. The van der Waals surface area contributed by atoms with Crippen molar-refractivity contribution >= 4 is 5.69 Å². The minimum absolute atomic E-state index is 0.414. The van der Waals surface area contributed by atoms with Crippen LogP contribution in [-0.2, 0) is 16.0 Å². The van der Waals surface area contributed by atoms with Crippen molar-refractivity contribution in [2.45, 2.75) is 19.3 Å². The molecule has 18 heavy (non-hydrogen) atoms. The normalized spacial score (nSPS) is 17.6. The van der Waals surface area contributed by atoms with Gasteiger partial charge in [0.25, 0.3) is 0 Å². The predicted octanol–water partition coefficient (Wildman–Crippen LogP) is 1.61. The van der Waals surface area contributed by atoms with Crippen LogP contribution in [0.15, 0.2) is 24.3 Å². The molecule has 1 aromatic rings. The fourth-order valence-corrected chi connectivity index (χ4v) is 2.15. The molecule has 1 fully saturated rings. The summed E-state index contributed by atoms with van der Waals surface area (Å²) in [5.41, 5.74) is 2.53. The van der Waals surface area contributed by atoms with Crippen molar-refractivity contribution in [2.24, 2.45) is 0 Å². The van der Waals surface area contributed by atoms with E-state index in [2.05, 4.69) is 41.4 Å². The van der Waals surface area contributed by atoms with Crippen molar-refractivity contribution in [3.05, 3.63) is 29.8 Å². The second kappa shape index (κ2) is 5.69. The van der Waals surface area contributed by atoms with Gasteiger partial charge in [-0.1, -0.05) is 19.1 Å². The fourth-order valence-electron chi connectivity index (χ4n) is 2.15. The smallest absolute Gasteiger partial charge is 0.203 e. The van der Waals surface area contributed by atoms with Crippen molar-refractivity contribution in [3.63, 3.8) is 0 Å². The highest BCUT2D eigenvalue weighted by molar-refractivity contribution is 5.51. The van der Waals surface area contributed by atoms with Crippen LogP contribution in [0.1, 0.15) is 12.5 Å². The molecule has 0 aliphatic carbocycles. The first-order chi connectivity index (χ1) is 8.73. The van der Waals surface area contributed by atoms with E-state index in [0.29, 0.717) is 0 Å². The molecule has 0 saturated carbocycles. The van der Waals surface area contributed by atoms with Crippen LogP contribution in [0.3, 0.4) is 0 Å². The van der Waals surface area contributed by atoms with Gasteiger partial charge >= 0.3 is 0 Å². The van der Waals surface area contributed by atoms with E-state index >= 15 is 0 Å². The van der Waals surface area contributed by atoms with Crippen LogP contribution in [0.25, 0.3) is 0 Å². The molecule has 4 nitrogen and oxygen atoms in total. The van der Waals surface area contributed by atoms with Crippen LogP contribution in [0.4, 0.5) is 5.69 Å². The molecular formula is C14H22N2O2. The minimum atomic E-state index is -0.414. The summed E-state index contributed by atoms with van der Waals surface area (Å²) in [5.74, 6) is -0.414. The molecule has 1 aliphatic heterocycles. The third-order valence-electron chi connectivity index (χ3n) is 3.49. The molecule has 4 heteroatoms. The first-order valence-electron chi connectivity index (χ1n) is 6.38. The maximum atomic E-state index is 5.38. The van der Waals surface area contributed by atoms with Crippen LogP contribution in [0.5, 0.6) is 0 Å². The van der Waals surface area contributed by atoms with E-state index in [0.717, 1.165) is 26.2 Å². The van der Waals surface area contributed by atoms with E-state index < -0.39 is 5.79 Å². The number of anilines is 1. The molecule has 0 aromatic heterocycles. The van der Waals surface area contributed by atoms with E-state index in [9.17, 15) is 0 Å². The SMILES string of the molecule is CCNCc1ccc(N2CC(OC)(OC)C2)cc1. The molecule has 1 aromatic carbocycles. The van der Waals surface area contributed by atoms with Gasteiger partial charge in [0.15, 0.2) is 0 Å². The number of hydrogen-bond donors (Lipinski definition) is 1. The molecular weight excluding hydrogens is 228 g/mol. The summed E-state index contributed by atoms with van der Waals surface area (Å²) in [5, 5.41) is 3.32. The van der Waals surface area contributed by atoms with Crippen molar-refractivity contribution in [1.82, 2.24) is 5.32 Å². The van der Waals surface area contributed by atoms with E-state index in [4.69, 9.17) is 9.47 Å². The molecule has 0 atom stereocenters. The molecule has 0 unspecified atom stereocenters. The van der Waals surface area contributed by atoms with Gasteiger partial charge in [-0.3, -0.25) is 0 Å². The van der Waals surface area contributed by atoms with Gasteiger partial charge in [-0.2, -0.15) is 0 Å². The molecule has 1 saturated heterocycles. The predicted molar refractivity (Wildman–Crippen MR) is 72.8 cm³/mol. The van der Waals surface area contributed by atoms with Gasteiger partial charge in [0.2, 0.25) is 5.79 Å². The molecule has 0 spiro atoms. The molecule has 1 aliphatic rings. The van der Waals surface area contributed by atoms with Gasteiger partial charge < -0.3 is 19.7 Å². The number of rotatable bonds is 6. The van der Waals surface area contributed by atoms with E-state index in [1.54, 1.807) is 14.2 Å². The summed E-state index contributed by atoms with van der Waals surface area (Å²) in [6, 6.07) is 8.64. The van der Waals surface area contributed by atoms with E-state index in [1.807, 2.05) is 0 Å². The van der Waals surface area contributed by atoms with Crippen LogP contribution in [-0.4, -0.2) is 39.6 Å². The Morgan fingerprint density at radius 3 is 2.28 bits per heavy atom. The van der Waals surface area contributed by atoms with Crippen molar-refractivity contribution < 1.29 is 9.47 Å². The Balaban J connectivity index is 1.92. The number of hydrogen-bond acceptors (Lipinski definition) is 4. The number of methoxy groups -OCH3 is 2. The molecule has 0 radical (unpaired) electrons. The maximum absolute atomic E-state index is 5.38. The van der Waals surface area contributed by atoms with E-state index in [-0.39, 0.29) is 0 Å².